The number of hydrogen-bond donors (Lipinski definition) is 3. The largest absolute Gasteiger partial charge is 0.453 e. The van der Waals surface area contributed by atoms with Gasteiger partial charge in [0.15, 0.2) is 5.69 Å². The molecule has 1 aromatic carbocycles. The predicted octanol–water partition coefficient (Wildman–Crippen LogP) is 2.13. The summed E-state index contributed by atoms with van der Waals surface area (Å²) in [4.78, 5) is 29.4. The van der Waals surface area contributed by atoms with Crippen molar-refractivity contribution in [1.29, 1.82) is 0 Å². The smallest absolute Gasteiger partial charge is 0.407 e. The van der Waals surface area contributed by atoms with Crippen LogP contribution >= 0.6 is 0 Å². The number of aromatic nitrogens is 2. The first kappa shape index (κ1) is 25.9. The number of methoxy groups -OCH3 is 1. The number of benzene rings is 1. The lowest BCUT2D eigenvalue weighted by atomic mass is 9.96. The van der Waals surface area contributed by atoms with E-state index in [9.17, 15) is 14.7 Å². The maximum absolute atomic E-state index is 13.3. The Hall–Kier alpha value is -2.69. The minimum Gasteiger partial charge on any atom is -0.453 e. The molecule has 2 bridgehead atoms. The van der Waals surface area contributed by atoms with Gasteiger partial charge in [0.05, 0.1) is 18.7 Å². The standard InChI is InChI=1S/C27H40N6O4/c1-17(2)33-24-7-5-4-6-23(24)25(30-33)26(35)28-19-12-20-8-9-21(13-19)32(20)16-22(34)15-31-11-10-18(14-31)29-27(36)37-3/h4-7,17-22,34H,8-16H2,1-3H3,(H,28,35)(H,29,36)/t18-,19?,20-,21+,22?/m1/s1. The second-order valence-electron chi connectivity index (χ2n) is 11.2. The number of amides is 2. The Morgan fingerprint density at radius 3 is 2.51 bits per heavy atom. The number of rotatable bonds is 8. The van der Waals surface area contributed by atoms with Crippen LogP contribution in [0.5, 0.6) is 0 Å². The highest BCUT2D eigenvalue weighted by atomic mass is 16.5. The molecule has 2 amide bonds. The van der Waals surface area contributed by atoms with Crippen LogP contribution in [-0.2, 0) is 4.74 Å². The van der Waals surface area contributed by atoms with E-state index in [1.807, 2.05) is 28.9 Å². The Morgan fingerprint density at radius 1 is 1.08 bits per heavy atom. The number of carbonyl (C=O) groups is 2. The van der Waals surface area contributed by atoms with E-state index in [-0.39, 0.29) is 24.0 Å². The first-order valence-electron chi connectivity index (χ1n) is 13.6. The fourth-order valence-corrected chi connectivity index (χ4v) is 6.54. The third-order valence-corrected chi connectivity index (χ3v) is 8.21. The molecule has 4 heterocycles. The van der Waals surface area contributed by atoms with E-state index in [4.69, 9.17) is 4.74 Å². The van der Waals surface area contributed by atoms with Crippen molar-refractivity contribution in [2.75, 3.05) is 33.3 Å². The van der Waals surface area contributed by atoms with Gasteiger partial charge in [-0.15, -0.1) is 0 Å². The number of aliphatic hydroxyl groups is 1. The lowest BCUT2D eigenvalue weighted by Gasteiger charge is -2.40. The molecule has 0 aliphatic carbocycles. The number of para-hydroxylation sites is 1. The Labute approximate surface area is 218 Å². The van der Waals surface area contributed by atoms with Crippen molar-refractivity contribution in [2.45, 2.75) is 82.3 Å². The van der Waals surface area contributed by atoms with Crippen molar-refractivity contribution in [3.05, 3.63) is 30.0 Å². The van der Waals surface area contributed by atoms with E-state index in [0.717, 1.165) is 56.1 Å². The van der Waals surface area contributed by atoms with E-state index < -0.39 is 12.2 Å². The first-order chi connectivity index (χ1) is 17.8. The van der Waals surface area contributed by atoms with Gasteiger partial charge in [-0.25, -0.2) is 4.79 Å². The molecule has 10 nitrogen and oxygen atoms in total. The molecule has 3 aliphatic rings. The highest BCUT2D eigenvalue weighted by Crippen LogP contribution is 2.36. The minimum atomic E-state index is -0.447. The summed E-state index contributed by atoms with van der Waals surface area (Å²) in [5.41, 5.74) is 1.48. The molecule has 3 saturated heterocycles. The Bertz CT molecular complexity index is 1110. The number of alkyl carbamates (subject to hydrolysis) is 1. The average molecular weight is 513 g/mol. The summed E-state index contributed by atoms with van der Waals surface area (Å²) >= 11 is 0. The van der Waals surface area contributed by atoms with E-state index in [2.05, 4.69) is 39.4 Å². The highest BCUT2D eigenvalue weighted by Gasteiger charge is 2.42. The lowest BCUT2D eigenvalue weighted by Crippen LogP contribution is -2.53. The van der Waals surface area contributed by atoms with E-state index in [1.54, 1.807) is 0 Å². The van der Waals surface area contributed by atoms with Crippen molar-refractivity contribution >= 4 is 22.9 Å². The summed E-state index contributed by atoms with van der Waals surface area (Å²) < 4.78 is 6.61. The van der Waals surface area contributed by atoms with Gasteiger partial charge in [-0.1, -0.05) is 18.2 Å². The fraction of sp³-hybridized carbons (Fsp3) is 0.667. The van der Waals surface area contributed by atoms with Gasteiger partial charge in [-0.3, -0.25) is 19.3 Å². The van der Waals surface area contributed by atoms with Gasteiger partial charge in [-0.2, -0.15) is 5.10 Å². The Morgan fingerprint density at radius 2 is 1.81 bits per heavy atom. The molecule has 5 rings (SSSR count). The molecule has 202 valence electrons. The van der Waals surface area contributed by atoms with Gasteiger partial charge in [0.1, 0.15) is 0 Å². The molecule has 3 N–H and O–H groups in total. The molecule has 3 fully saturated rings. The number of piperidine rings is 1. The zero-order valence-electron chi connectivity index (χ0n) is 22.1. The second-order valence-corrected chi connectivity index (χ2v) is 11.2. The van der Waals surface area contributed by atoms with Gasteiger partial charge in [-0.05, 0) is 52.0 Å². The summed E-state index contributed by atoms with van der Waals surface area (Å²) in [6.07, 6.45) is 4.01. The number of likely N-dealkylation sites (tertiary alicyclic amines) is 1. The zero-order chi connectivity index (χ0) is 26.1. The molecule has 0 spiro atoms. The second kappa shape index (κ2) is 11.0. The number of nitrogens with zero attached hydrogens (tertiary/aromatic N) is 4. The quantitative estimate of drug-likeness (QED) is 0.497. The number of ether oxygens (including phenoxy) is 1. The van der Waals surface area contributed by atoms with Gasteiger partial charge >= 0.3 is 6.09 Å². The first-order valence-corrected chi connectivity index (χ1v) is 13.6. The van der Waals surface area contributed by atoms with Crippen LogP contribution in [0.25, 0.3) is 10.9 Å². The van der Waals surface area contributed by atoms with Crippen molar-refractivity contribution in [3.8, 4) is 0 Å². The summed E-state index contributed by atoms with van der Waals surface area (Å²) in [6.45, 7) is 6.98. The molecular weight excluding hydrogens is 472 g/mol. The summed E-state index contributed by atoms with van der Waals surface area (Å²) in [5.74, 6) is -0.0994. The van der Waals surface area contributed by atoms with E-state index >= 15 is 0 Å². The maximum Gasteiger partial charge on any atom is 0.407 e. The molecule has 10 heteroatoms. The molecular formula is C27H40N6O4. The lowest BCUT2D eigenvalue weighted by molar-refractivity contribution is 0.0361. The number of hydrogen-bond acceptors (Lipinski definition) is 7. The van der Waals surface area contributed by atoms with Gasteiger partial charge in [0.2, 0.25) is 0 Å². The van der Waals surface area contributed by atoms with Crippen molar-refractivity contribution in [2.24, 2.45) is 0 Å². The third-order valence-electron chi connectivity index (χ3n) is 8.21. The fourth-order valence-electron chi connectivity index (χ4n) is 6.54. The van der Waals surface area contributed by atoms with Gasteiger partial charge in [0.25, 0.3) is 5.91 Å². The number of aliphatic hydroxyl groups excluding tert-OH is 1. The van der Waals surface area contributed by atoms with Crippen LogP contribution in [0.2, 0.25) is 0 Å². The molecule has 2 aromatic rings. The number of β-amino-alcohol motifs (C(OH)–C–C–N with tert-alkyl or cyclic N) is 1. The van der Waals surface area contributed by atoms with Crippen LogP contribution in [0, 0.1) is 0 Å². The number of fused-ring (bicyclic) bond motifs is 3. The molecule has 2 unspecified atom stereocenters. The van der Waals surface area contributed by atoms with Crippen molar-refractivity contribution in [3.63, 3.8) is 0 Å². The molecule has 1 aromatic heterocycles. The van der Waals surface area contributed by atoms with Gasteiger partial charge < -0.3 is 20.5 Å². The molecule has 0 radical (unpaired) electrons. The molecule has 5 atom stereocenters. The average Bonchev–Trinajstić information content (AvgIpc) is 3.53. The zero-order valence-corrected chi connectivity index (χ0v) is 22.1. The summed E-state index contributed by atoms with van der Waals surface area (Å²) in [6, 6.07) is 9.02. The van der Waals surface area contributed by atoms with Crippen LogP contribution in [0.15, 0.2) is 24.3 Å². The van der Waals surface area contributed by atoms with Crippen LogP contribution in [0.1, 0.15) is 62.5 Å². The topological polar surface area (TPSA) is 112 Å². The maximum atomic E-state index is 13.3. The number of nitrogens with one attached hydrogen (secondary N) is 2. The van der Waals surface area contributed by atoms with Gasteiger partial charge in [0, 0.05) is 61.8 Å². The monoisotopic (exact) mass is 512 g/mol. The normalized spacial score (nSPS) is 27.1. The van der Waals surface area contributed by atoms with Crippen LogP contribution in [0.4, 0.5) is 4.79 Å². The minimum absolute atomic E-state index is 0.0687. The Balaban J connectivity index is 1.14. The SMILES string of the molecule is COC(=O)N[C@@H]1CCN(CC(O)CN2[C@@H]3CC[C@H]2CC(NC(=O)c2nn(C(C)C)c4ccccc24)C3)C1. The highest BCUT2D eigenvalue weighted by molar-refractivity contribution is 6.05. The Kier molecular flexibility index (Phi) is 7.69. The molecule has 3 aliphatic heterocycles. The predicted molar refractivity (Wildman–Crippen MR) is 141 cm³/mol. The third kappa shape index (κ3) is 5.61. The van der Waals surface area contributed by atoms with Crippen LogP contribution in [0.3, 0.4) is 0 Å². The van der Waals surface area contributed by atoms with E-state index in [0.29, 0.717) is 30.9 Å². The summed E-state index contributed by atoms with van der Waals surface area (Å²) in [5, 5.41) is 22.6. The molecule has 0 saturated carbocycles. The van der Waals surface area contributed by atoms with Crippen molar-refractivity contribution in [1.82, 2.24) is 30.2 Å². The van der Waals surface area contributed by atoms with Crippen molar-refractivity contribution < 1.29 is 19.4 Å². The molecule has 37 heavy (non-hydrogen) atoms. The van der Waals surface area contributed by atoms with Crippen LogP contribution < -0.4 is 10.6 Å². The van der Waals surface area contributed by atoms with Crippen LogP contribution in [-0.4, -0.2) is 100 Å². The van der Waals surface area contributed by atoms with E-state index in [1.165, 1.54) is 7.11 Å². The number of carbonyl (C=O) groups excluding carboxylic acids is 2. The summed E-state index contributed by atoms with van der Waals surface area (Å²) in [7, 11) is 1.37.